The molecule has 0 amide bonds. The maximum atomic E-state index is 11.7. The number of benzene rings is 1. The van der Waals surface area contributed by atoms with Crippen molar-refractivity contribution in [1.29, 1.82) is 0 Å². The summed E-state index contributed by atoms with van der Waals surface area (Å²) in [6, 6.07) is 7.23. The first kappa shape index (κ1) is 13.1. The second-order valence-corrected chi connectivity index (χ2v) is 4.95. The maximum absolute atomic E-state index is 11.7. The molecule has 0 aliphatic carbocycles. The van der Waals surface area contributed by atoms with Crippen LogP contribution in [0.25, 0.3) is 0 Å². The van der Waals surface area contributed by atoms with E-state index in [0.29, 0.717) is 6.54 Å². The quantitative estimate of drug-likeness (QED) is 0.805. The van der Waals surface area contributed by atoms with Crippen molar-refractivity contribution in [1.82, 2.24) is 5.06 Å². The number of hydrogen-bond donors (Lipinski definition) is 1. The molecule has 1 unspecified atom stereocenters. The molecule has 0 aromatic heterocycles. The Morgan fingerprint density at radius 1 is 1.40 bits per heavy atom. The smallest absolute Gasteiger partial charge is 0.338 e. The van der Waals surface area contributed by atoms with Gasteiger partial charge in [-0.15, -0.1) is 0 Å². The van der Waals surface area contributed by atoms with Gasteiger partial charge in [-0.2, -0.15) is 5.06 Å². The molecule has 0 saturated carbocycles. The first-order valence-electron chi connectivity index (χ1n) is 6.45. The van der Waals surface area contributed by atoms with Crippen molar-refractivity contribution in [3.05, 3.63) is 35.4 Å². The van der Waals surface area contributed by atoms with Crippen molar-refractivity contribution < 1.29 is 24.3 Å². The largest absolute Gasteiger partial charge is 0.481 e. The van der Waals surface area contributed by atoms with Crippen LogP contribution >= 0.6 is 0 Å². The number of fused-ring (bicyclic) bond motifs is 3. The number of ether oxygens (including phenoxy) is 1. The maximum Gasteiger partial charge on any atom is 0.338 e. The molecule has 1 N–H and O–H groups in total. The molecular weight excluding hydrogens is 262 g/mol. The van der Waals surface area contributed by atoms with Gasteiger partial charge in [-0.1, -0.05) is 24.3 Å². The van der Waals surface area contributed by atoms with Gasteiger partial charge in [0.05, 0.1) is 13.2 Å². The van der Waals surface area contributed by atoms with Gasteiger partial charge < -0.3 is 9.84 Å². The molecule has 1 saturated heterocycles. The first-order valence-corrected chi connectivity index (χ1v) is 6.45. The SMILES string of the molecule is COC(=O)[C@H]1ON2CCc3ccccc3C2[C@H]1C(=O)O. The molecule has 1 aromatic rings. The summed E-state index contributed by atoms with van der Waals surface area (Å²) >= 11 is 0. The molecular formula is C14H15NO5. The van der Waals surface area contributed by atoms with E-state index in [4.69, 9.17) is 4.84 Å². The highest BCUT2D eigenvalue weighted by atomic mass is 16.7. The summed E-state index contributed by atoms with van der Waals surface area (Å²) in [7, 11) is 1.23. The van der Waals surface area contributed by atoms with Crippen molar-refractivity contribution in [3.63, 3.8) is 0 Å². The predicted octanol–water partition coefficient (Wildman–Crippen LogP) is 0.773. The number of hydrogen-bond acceptors (Lipinski definition) is 5. The van der Waals surface area contributed by atoms with Crippen LogP contribution < -0.4 is 0 Å². The van der Waals surface area contributed by atoms with E-state index in [1.54, 1.807) is 5.06 Å². The van der Waals surface area contributed by atoms with E-state index >= 15 is 0 Å². The summed E-state index contributed by atoms with van der Waals surface area (Å²) in [6.45, 7) is 0.568. The van der Waals surface area contributed by atoms with Gasteiger partial charge in [0, 0.05) is 6.54 Å². The zero-order chi connectivity index (χ0) is 14.3. The number of esters is 1. The van der Waals surface area contributed by atoms with Crippen molar-refractivity contribution in [3.8, 4) is 0 Å². The lowest BCUT2D eigenvalue weighted by molar-refractivity contribution is -0.190. The Balaban J connectivity index is 2.03. The molecule has 6 heteroatoms. The Labute approximate surface area is 115 Å². The average Bonchev–Trinajstić information content (AvgIpc) is 2.86. The van der Waals surface area contributed by atoms with Gasteiger partial charge in [0.15, 0.2) is 6.10 Å². The van der Waals surface area contributed by atoms with Gasteiger partial charge in [0.25, 0.3) is 0 Å². The van der Waals surface area contributed by atoms with E-state index in [2.05, 4.69) is 4.74 Å². The molecule has 3 atom stereocenters. The van der Waals surface area contributed by atoms with Gasteiger partial charge in [-0.05, 0) is 17.5 Å². The standard InChI is InChI=1S/C14H15NO5/c1-19-14(18)12-10(13(16)17)11-9-5-3-2-4-8(9)6-7-15(11)20-12/h2-5,10-12H,6-7H2,1H3,(H,16,17)/t10-,11?,12+/m1/s1. The summed E-state index contributed by atoms with van der Waals surface area (Å²) < 4.78 is 4.65. The van der Waals surface area contributed by atoms with Gasteiger partial charge in [-0.3, -0.25) is 9.63 Å². The molecule has 3 rings (SSSR count). The van der Waals surface area contributed by atoms with E-state index in [0.717, 1.165) is 17.5 Å². The minimum Gasteiger partial charge on any atom is -0.481 e. The van der Waals surface area contributed by atoms with Crippen LogP contribution in [0.4, 0.5) is 0 Å². The normalized spacial score (nSPS) is 28.6. The highest BCUT2D eigenvalue weighted by Crippen LogP contribution is 2.43. The Kier molecular flexibility index (Phi) is 3.19. The molecule has 2 aliphatic rings. The van der Waals surface area contributed by atoms with Crippen LogP contribution in [0.1, 0.15) is 17.2 Å². The number of carbonyl (C=O) groups excluding carboxylic acids is 1. The van der Waals surface area contributed by atoms with Gasteiger partial charge in [0.2, 0.25) is 0 Å². The number of carboxylic acids is 1. The monoisotopic (exact) mass is 277 g/mol. The van der Waals surface area contributed by atoms with Crippen LogP contribution in [0.2, 0.25) is 0 Å². The first-order chi connectivity index (χ1) is 9.63. The lowest BCUT2D eigenvalue weighted by Gasteiger charge is -2.30. The molecule has 20 heavy (non-hydrogen) atoms. The van der Waals surface area contributed by atoms with Crippen molar-refractivity contribution >= 4 is 11.9 Å². The van der Waals surface area contributed by atoms with Crippen LogP contribution in [0.3, 0.4) is 0 Å². The molecule has 2 heterocycles. The fraction of sp³-hybridized carbons (Fsp3) is 0.429. The average molecular weight is 277 g/mol. The number of carbonyl (C=O) groups is 2. The second kappa shape index (κ2) is 4.88. The number of rotatable bonds is 2. The van der Waals surface area contributed by atoms with Crippen molar-refractivity contribution in [2.75, 3.05) is 13.7 Å². The van der Waals surface area contributed by atoms with Crippen LogP contribution in [0, 0.1) is 5.92 Å². The van der Waals surface area contributed by atoms with Crippen LogP contribution in [0.5, 0.6) is 0 Å². The zero-order valence-corrected chi connectivity index (χ0v) is 11.0. The highest BCUT2D eigenvalue weighted by molar-refractivity contribution is 5.84. The number of methoxy groups -OCH3 is 1. The van der Waals surface area contributed by atoms with E-state index < -0.39 is 30.0 Å². The number of nitrogens with zero attached hydrogens (tertiary/aromatic N) is 1. The topological polar surface area (TPSA) is 76.1 Å². The molecule has 1 aromatic carbocycles. The van der Waals surface area contributed by atoms with Crippen LogP contribution in [-0.4, -0.2) is 41.9 Å². The van der Waals surface area contributed by atoms with Gasteiger partial charge >= 0.3 is 11.9 Å². The van der Waals surface area contributed by atoms with Crippen LogP contribution in [0.15, 0.2) is 24.3 Å². The summed E-state index contributed by atoms with van der Waals surface area (Å²) in [5, 5.41) is 11.1. The highest BCUT2D eigenvalue weighted by Gasteiger charge is 2.53. The predicted molar refractivity (Wildman–Crippen MR) is 67.6 cm³/mol. The fourth-order valence-electron chi connectivity index (χ4n) is 3.01. The van der Waals surface area contributed by atoms with Crippen molar-refractivity contribution in [2.45, 2.75) is 18.6 Å². The molecule has 6 nitrogen and oxygen atoms in total. The Morgan fingerprint density at radius 3 is 2.85 bits per heavy atom. The minimum absolute atomic E-state index is 0.443. The van der Waals surface area contributed by atoms with E-state index in [-0.39, 0.29) is 0 Å². The Morgan fingerprint density at radius 2 is 2.15 bits per heavy atom. The molecule has 0 radical (unpaired) electrons. The lowest BCUT2D eigenvalue weighted by atomic mass is 9.84. The molecule has 1 fully saturated rings. The van der Waals surface area contributed by atoms with E-state index in [1.165, 1.54) is 7.11 Å². The Hall–Kier alpha value is -1.92. The molecule has 106 valence electrons. The third-order valence-electron chi connectivity index (χ3n) is 3.92. The Bertz CT molecular complexity index is 558. The van der Waals surface area contributed by atoms with Gasteiger partial charge in [-0.25, -0.2) is 4.79 Å². The summed E-state index contributed by atoms with van der Waals surface area (Å²) in [5.74, 6) is -2.65. The van der Waals surface area contributed by atoms with E-state index in [1.807, 2.05) is 24.3 Å². The summed E-state index contributed by atoms with van der Waals surface area (Å²) in [4.78, 5) is 28.9. The number of carboxylic acid groups (broad SMARTS) is 1. The lowest BCUT2D eigenvalue weighted by Crippen LogP contribution is -2.36. The van der Waals surface area contributed by atoms with Gasteiger partial charge in [0.1, 0.15) is 5.92 Å². The minimum atomic E-state index is -1.09. The molecule has 0 bridgehead atoms. The third kappa shape index (κ3) is 1.88. The number of hydroxylamine groups is 2. The zero-order valence-electron chi connectivity index (χ0n) is 11.0. The molecule has 2 aliphatic heterocycles. The summed E-state index contributed by atoms with van der Waals surface area (Å²) in [5.41, 5.74) is 2.02. The van der Waals surface area contributed by atoms with E-state index in [9.17, 15) is 14.7 Å². The number of aliphatic carboxylic acids is 1. The second-order valence-electron chi connectivity index (χ2n) is 4.95. The summed E-state index contributed by atoms with van der Waals surface area (Å²) in [6.07, 6.45) is -0.318. The molecule has 0 spiro atoms. The fourth-order valence-corrected chi connectivity index (χ4v) is 3.01. The third-order valence-corrected chi connectivity index (χ3v) is 3.92. The van der Waals surface area contributed by atoms with Crippen LogP contribution in [-0.2, 0) is 25.6 Å². The van der Waals surface area contributed by atoms with Crippen molar-refractivity contribution in [2.24, 2.45) is 5.92 Å².